The van der Waals surface area contributed by atoms with Crippen LogP contribution in [0.2, 0.25) is 5.02 Å². The van der Waals surface area contributed by atoms with Crippen molar-refractivity contribution < 1.29 is 9.90 Å². The molecule has 0 saturated carbocycles. The largest absolute Gasteiger partial charge is 0.481 e. The number of nitrogens with zero attached hydrogens (tertiary/aromatic N) is 1. The fourth-order valence-electron chi connectivity index (χ4n) is 3.83. The van der Waals surface area contributed by atoms with Crippen molar-refractivity contribution in [2.75, 3.05) is 5.75 Å². The summed E-state index contributed by atoms with van der Waals surface area (Å²) >= 11 is 7.94. The van der Waals surface area contributed by atoms with Crippen molar-refractivity contribution >= 4 is 29.3 Å². The monoisotopic (exact) mass is 411 g/mol. The van der Waals surface area contributed by atoms with Crippen LogP contribution in [0, 0.1) is 5.41 Å². The third-order valence-corrected chi connectivity index (χ3v) is 6.90. The molecule has 1 aliphatic heterocycles. The van der Waals surface area contributed by atoms with E-state index in [0.29, 0.717) is 5.02 Å². The molecule has 4 rings (SSSR count). The molecule has 0 unspecified atom stereocenters. The third kappa shape index (κ3) is 3.59. The highest BCUT2D eigenvalue weighted by atomic mass is 35.5. The van der Waals surface area contributed by atoms with Gasteiger partial charge in [-0.05, 0) is 28.7 Å². The molecule has 28 heavy (non-hydrogen) atoms. The molecule has 0 fully saturated rings. The summed E-state index contributed by atoms with van der Waals surface area (Å²) in [6.07, 6.45) is -0.00552. The number of carboxylic acid groups (broad SMARTS) is 1. The first-order valence-electron chi connectivity index (χ1n) is 9.27. The normalized spacial score (nSPS) is 15.2. The molecular formula is C23H22ClNO2S. The average Bonchev–Trinajstić information content (AvgIpc) is 2.95. The van der Waals surface area contributed by atoms with E-state index >= 15 is 0 Å². The van der Waals surface area contributed by atoms with Crippen LogP contribution in [-0.4, -0.2) is 21.4 Å². The van der Waals surface area contributed by atoms with Crippen LogP contribution in [-0.2, 0) is 17.8 Å². The lowest BCUT2D eigenvalue weighted by atomic mass is 9.95. The lowest BCUT2D eigenvalue weighted by Gasteiger charge is -2.32. The molecule has 1 aromatic heterocycles. The van der Waals surface area contributed by atoms with Gasteiger partial charge in [-0.1, -0.05) is 67.9 Å². The van der Waals surface area contributed by atoms with Crippen molar-refractivity contribution in [1.29, 1.82) is 0 Å². The first kappa shape index (κ1) is 19.2. The summed E-state index contributed by atoms with van der Waals surface area (Å²) in [5.74, 6) is 0.187. The summed E-state index contributed by atoms with van der Waals surface area (Å²) in [5, 5.41) is 11.5. The van der Waals surface area contributed by atoms with E-state index in [1.165, 1.54) is 0 Å². The zero-order chi connectivity index (χ0) is 19.9. The topological polar surface area (TPSA) is 42.2 Å². The second-order valence-electron chi connectivity index (χ2n) is 7.98. The van der Waals surface area contributed by atoms with Gasteiger partial charge in [-0.2, -0.15) is 0 Å². The Labute approximate surface area is 174 Å². The highest BCUT2D eigenvalue weighted by Crippen LogP contribution is 2.49. The van der Waals surface area contributed by atoms with Gasteiger partial charge in [0.25, 0.3) is 0 Å². The van der Waals surface area contributed by atoms with Crippen molar-refractivity contribution in [2.45, 2.75) is 31.8 Å². The number of halogens is 1. The molecular weight excluding hydrogens is 390 g/mol. The molecule has 3 nitrogen and oxygen atoms in total. The quantitative estimate of drug-likeness (QED) is 0.552. The molecule has 0 spiro atoms. The van der Waals surface area contributed by atoms with Crippen LogP contribution in [0.1, 0.15) is 19.5 Å². The van der Waals surface area contributed by atoms with Gasteiger partial charge in [0.05, 0.1) is 11.4 Å². The predicted octanol–water partition coefficient (Wildman–Crippen LogP) is 6.23. The van der Waals surface area contributed by atoms with E-state index < -0.39 is 5.97 Å². The number of fused-ring (bicyclic) bond motifs is 1. The Bertz CT molecular complexity index is 1020. The molecule has 5 heteroatoms. The van der Waals surface area contributed by atoms with Crippen LogP contribution in [0.25, 0.3) is 22.3 Å². The van der Waals surface area contributed by atoms with E-state index in [-0.39, 0.29) is 11.8 Å². The van der Waals surface area contributed by atoms with Gasteiger partial charge in [-0.15, -0.1) is 11.8 Å². The van der Waals surface area contributed by atoms with Crippen molar-refractivity contribution in [1.82, 2.24) is 4.57 Å². The second-order valence-corrected chi connectivity index (χ2v) is 9.38. The molecule has 2 heterocycles. The summed E-state index contributed by atoms with van der Waals surface area (Å²) in [4.78, 5) is 11.8. The standard InChI is InChI=1S/C23H22ClNO2S/c1-23(2)13-25-18(12-19(26)27)20(16-8-10-17(24)11-9-16)21(22(25)28-14-23)15-6-4-3-5-7-15/h3-11H,12-14H2,1-2H3,(H,26,27). The number of thioether (sulfide) groups is 1. The van der Waals surface area contributed by atoms with E-state index in [0.717, 1.165) is 45.3 Å². The SMILES string of the molecule is CC1(C)CSc2c(-c3ccccc3)c(-c3ccc(Cl)cc3)c(CC(=O)O)n2C1. The fourth-order valence-corrected chi connectivity index (χ4v) is 5.27. The molecule has 0 radical (unpaired) electrons. The van der Waals surface area contributed by atoms with Crippen LogP contribution in [0.15, 0.2) is 59.6 Å². The van der Waals surface area contributed by atoms with Crippen molar-refractivity contribution in [3.63, 3.8) is 0 Å². The number of benzene rings is 2. The van der Waals surface area contributed by atoms with Crippen LogP contribution in [0.5, 0.6) is 0 Å². The summed E-state index contributed by atoms with van der Waals surface area (Å²) in [5.41, 5.74) is 5.21. The Balaban J connectivity index is 2.04. The van der Waals surface area contributed by atoms with Crippen LogP contribution in [0.4, 0.5) is 0 Å². The lowest BCUT2D eigenvalue weighted by molar-refractivity contribution is -0.136. The van der Waals surface area contributed by atoms with E-state index in [4.69, 9.17) is 11.6 Å². The minimum atomic E-state index is -0.816. The molecule has 3 aromatic rings. The van der Waals surface area contributed by atoms with E-state index in [1.807, 2.05) is 54.2 Å². The molecule has 144 valence electrons. The number of carbonyl (C=O) groups is 1. The maximum absolute atomic E-state index is 11.8. The first-order chi connectivity index (χ1) is 13.4. The summed E-state index contributed by atoms with van der Waals surface area (Å²) in [6, 6.07) is 17.9. The van der Waals surface area contributed by atoms with E-state index in [2.05, 4.69) is 30.5 Å². The minimum absolute atomic E-state index is 0.00552. The Kier molecular flexibility index (Phi) is 5.02. The van der Waals surface area contributed by atoms with Gasteiger partial charge in [-0.3, -0.25) is 4.79 Å². The van der Waals surface area contributed by atoms with Crippen molar-refractivity contribution in [3.8, 4) is 22.3 Å². The summed E-state index contributed by atoms with van der Waals surface area (Å²) < 4.78 is 2.23. The van der Waals surface area contributed by atoms with Gasteiger partial charge in [0.2, 0.25) is 0 Å². The Morgan fingerprint density at radius 3 is 2.36 bits per heavy atom. The van der Waals surface area contributed by atoms with Crippen molar-refractivity contribution in [3.05, 3.63) is 65.3 Å². The molecule has 0 aliphatic carbocycles. The number of aliphatic carboxylic acids is 1. The van der Waals surface area contributed by atoms with Crippen LogP contribution >= 0.6 is 23.4 Å². The van der Waals surface area contributed by atoms with Gasteiger partial charge in [0, 0.05) is 34.1 Å². The highest BCUT2D eigenvalue weighted by Gasteiger charge is 2.33. The molecule has 1 N–H and O–H groups in total. The molecule has 0 atom stereocenters. The average molecular weight is 412 g/mol. The molecule has 0 amide bonds. The molecule has 1 aliphatic rings. The van der Waals surface area contributed by atoms with Gasteiger partial charge in [-0.25, -0.2) is 0 Å². The number of aromatic nitrogens is 1. The Morgan fingerprint density at radius 2 is 1.71 bits per heavy atom. The first-order valence-corrected chi connectivity index (χ1v) is 10.6. The minimum Gasteiger partial charge on any atom is -0.481 e. The number of carboxylic acids is 1. The zero-order valence-electron chi connectivity index (χ0n) is 15.9. The van der Waals surface area contributed by atoms with Crippen LogP contribution in [0.3, 0.4) is 0 Å². The van der Waals surface area contributed by atoms with Gasteiger partial charge >= 0.3 is 5.97 Å². The van der Waals surface area contributed by atoms with Crippen LogP contribution < -0.4 is 0 Å². The lowest BCUT2D eigenvalue weighted by Crippen LogP contribution is -2.28. The highest BCUT2D eigenvalue weighted by molar-refractivity contribution is 7.99. The van der Waals surface area contributed by atoms with E-state index in [1.54, 1.807) is 0 Å². The molecule has 2 aromatic carbocycles. The maximum Gasteiger partial charge on any atom is 0.309 e. The maximum atomic E-state index is 11.8. The predicted molar refractivity (Wildman–Crippen MR) is 116 cm³/mol. The summed E-state index contributed by atoms with van der Waals surface area (Å²) in [7, 11) is 0. The van der Waals surface area contributed by atoms with Crippen molar-refractivity contribution in [2.24, 2.45) is 5.41 Å². The fraction of sp³-hybridized carbons (Fsp3) is 0.261. The smallest absolute Gasteiger partial charge is 0.309 e. The number of rotatable bonds is 4. The van der Waals surface area contributed by atoms with Gasteiger partial charge in [0.1, 0.15) is 0 Å². The van der Waals surface area contributed by atoms with Gasteiger partial charge < -0.3 is 9.67 Å². The Morgan fingerprint density at radius 1 is 1.07 bits per heavy atom. The molecule has 0 bridgehead atoms. The number of hydrogen-bond acceptors (Lipinski definition) is 2. The molecule has 0 saturated heterocycles. The number of hydrogen-bond donors (Lipinski definition) is 1. The Hall–Kier alpha value is -2.17. The second kappa shape index (κ2) is 7.34. The zero-order valence-corrected chi connectivity index (χ0v) is 17.5. The summed E-state index contributed by atoms with van der Waals surface area (Å²) in [6.45, 7) is 5.28. The third-order valence-electron chi connectivity index (χ3n) is 5.02. The van der Waals surface area contributed by atoms with Gasteiger partial charge in [0.15, 0.2) is 0 Å². The van der Waals surface area contributed by atoms with E-state index in [9.17, 15) is 9.90 Å².